The maximum atomic E-state index is 12.9. The van der Waals surface area contributed by atoms with Crippen LogP contribution in [0.15, 0.2) is 83.8 Å². The van der Waals surface area contributed by atoms with E-state index in [4.69, 9.17) is 9.47 Å². The number of ether oxygens (including phenoxy) is 2. The van der Waals surface area contributed by atoms with E-state index < -0.39 is 17.5 Å². The zero-order valence-corrected chi connectivity index (χ0v) is 24.5. The first-order valence-corrected chi connectivity index (χ1v) is 14.5. The molecule has 0 aliphatic heterocycles. The number of hydrogen-bond acceptors (Lipinski definition) is 7. The maximum absolute atomic E-state index is 12.9. The normalized spacial score (nSPS) is 13.0. The van der Waals surface area contributed by atoms with Gasteiger partial charge in [-0.15, -0.1) is 0 Å². The third-order valence-electron chi connectivity index (χ3n) is 6.20. The number of rotatable bonds is 15. The van der Waals surface area contributed by atoms with Gasteiger partial charge in [0.1, 0.15) is 23.0 Å². The van der Waals surface area contributed by atoms with Gasteiger partial charge < -0.3 is 25.2 Å². The second-order valence-corrected chi connectivity index (χ2v) is 11.1. The molecule has 0 spiro atoms. The SMILES string of the molecule is CC(=O)NC(CCC(CNC(=O)c1cccc(Oc2ccccc2)c1)OC(C)=O)CCC(O)Sc1ccc(C)cc1. The summed E-state index contributed by atoms with van der Waals surface area (Å²) in [6.45, 7) is 4.89. The highest BCUT2D eigenvalue weighted by Gasteiger charge is 2.20. The van der Waals surface area contributed by atoms with Crippen molar-refractivity contribution < 1.29 is 29.0 Å². The Morgan fingerprint density at radius 3 is 2.22 bits per heavy atom. The number of carbonyl (C=O) groups is 3. The van der Waals surface area contributed by atoms with Crippen molar-refractivity contribution in [2.45, 2.75) is 68.9 Å². The number of aryl methyl sites for hydroxylation is 1. The number of carbonyl (C=O) groups excluding carboxylic acids is 3. The molecule has 0 heterocycles. The number of hydrogen-bond donors (Lipinski definition) is 3. The summed E-state index contributed by atoms with van der Waals surface area (Å²) < 4.78 is 11.3. The van der Waals surface area contributed by atoms with Crippen LogP contribution in [0.1, 0.15) is 55.5 Å². The molecule has 0 aliphatic rings. The second kappa shape index (κ2) is 16.4. The van der Waals surface area contributed by atoms with Crippen molar-refractivity contribution in [1.29, 1.82) is 0 Å². The molecule has 2 amide bonds. The van der Waals surface area contributed by atoms with Crippen molar-refractivity contribution in [3.05, 3.63) is 90.0 Å². The number of amides is 2. The van der Waals surface area contributed by atoms with Gasteiger partial charge in [-0.1, -0.05) is 53.7 Å². The van der Waals surface area contributed by atoms with E-state index >= 15 is 0 Å². The van der Waals surface area contributed by atoms with Gasteiger partial charge >= 0.3 is 5.97 Å². The largest absolute Gasteiger partial charge is 0.461 e. The lowest BCUT2D eigenvalue weighted by atomic mass is 10.0. The third-order valence-corrected chi connectivity index (χ3v) is 7.25. The Morgan fingerprint density at radius 1 is 0.854 bits per heavy atom. The average Bonchev–Trinajstić information content (AvgIpc) is 2.94. The van der Waals surface area contributed by atoms with Gasteiger partial charge in [-0.25, -0.2) is 0 Å². The van der Waals surface area contributed by atoms with E-state index in [0.717, 1.165) is 10.5 Å². The smallest absolute Gasteiger partial charge is 0.302 e. The first-order chi connectivity index (χ1) is 19.7. The molecular weight excluding hydrogens is 540 g/mol. The number of benzene rings is 3. The van der Waals surface area contributed by atoms with Crippen molar-refractivity contribution in [3.8, 4) is 11.5 Å². The molecule has 8 nitrogen and oxygen atoms in total. The average molecular weight is 579 g/mol. The predicted octanol–water partition coefficient (Wildman–Crippen LogP) is 5.62. The molecule has 3 unspecified atom stereocenters. The van der Waals surface area contributed by atoms with E-state index in [-0.39, 0.29) is 24.4 Å². The highest BCUT2D eigenvalue weighted by Crippen LogP contribution is 2.26. The molecule has 3 aromatic rings. The first-order valence-electron chi connectivity index (χ1n) is 13.6. The van der Waals surface area contributed by atoms with Gasteiger partial charge in [-0.3, -0.25) is 14.4 Å². The lowest BCUT2D eigenvalue weighted by molar-refractivity contribution is -0.146. The molecule has 0 saturated carbocycles. The molecule has 0 bridgehead atoms. The van der Waals surface area contributed by atoms with Crippen LogP contribution in [-0.2, 0) is 14.3 Å². The minimum atomic E-state index is -0.626. The molecule has 0 fully saturated rings. The molecule has 0 radical (unpaired) electrons. The Kier molecular flexibility index (Phi) is 12.7. The fraction of sp³-hybridized carbons (Fsp3) is 0.344. The lowest BCUT2D eigenvalue weighted by Gasteiger charge is -2.23. The van der Waals surface area contributed by atoms with Gasteiger partial charge in [0.05, 0.1) is 6.54 Å². The molecule has 3 aromatic carbocycles. The van der Waals surface area contributed by atoms with Crippen molar-refractivity contribution in [3.63, 3.8) is 0 Å². The van der Waals surface area contributed by atoms with E-state index in [1.807, 2.05) is 61.5 Å². The molecule has 9 heteroatoms. The van der Waals surface area contributed by atoms with Gasteiger partial charge in [0, 0.05) is 30.3 Å². The second-order valence-electron chi connectivity index (χ2n) is 9.82. The van der Waals surface area contributed by atoms with Gasteiger partial charge in [0.25, 0.3) is 5.91 Å². The van der Waals surface area contributed by atoms with Crippen LogP contribution in [0, 0.1) is 6.92 Å². The molecule has 3 N–H and O–H groups in total. The molecule has 41 heavy (non-hydrogen) atoms. The van der Waals surface area contributed by atoms with E-state index in [1.165, 1.54) is 25.6 Å². The van der Waals surface area contributed by atoms with Crippen molar-refractivity contribution in [1.82, 2.24) is 10.6 Å². The summed E-state index contributed by atoms with van der Waals surface area (Å²) in [5.41, 5.74) is 0.939. The van der Waals surface area contributed by atoms with Crippen LogP contribution in [0.2, 0.25) is 0 Å². The van der Waals surface area contributed by atoms with Gasteiger partial charge in [0.15, 0.2) is 0 Å². The molecule has 218 valence electrons. The summed E-state index contributed by atoms with van der Waals surface area (Å²) in [7, 11) is 0. The maximum Gasteiger partial charge on any atom is 0.302 e. The molecule has 0 aliphatic carbocycles. The number of aliphatic hydroxyl groups excluding tert-OH is 1. The molecule has 3 atom stereocenters. The minimum absolute atomic E-state index is 0.112. The van der Waals surface area contributed by atoms with E-state index in [2.05, 4.69) is 10.6 Å². The van der Waals surface area contributed by atoms with Crippen LogP contribution < -0.4 is 15.4 Å². The molecular formula is C32H38N2O6S. The molecule has 0 aromatic heterocycles. The topological polar surface area (TPSA) is 114 Å². The third kappa shape index (κ3) is 12.1. The van der Waals surface area contributed by atoms with Crippen LogP contribution in [0.5, 0.6) is 11.5 Å². The number of aliphatic hydroxyl groups is 1. The highest BCUT2D eigenvalue weighted by atomic mass is 32.2. The quantitative estimate of drug-likeness (QED) is 0.122. The number of esters is 1. The zero-order chi connectivity index (χ0) is 29.6. The minimum Gasteiger partial charge on any atom is -0.461 e. The first kappa shape index (κ1) is 31.7. The zero-order valence-electron chi connectivity index (χ0n) is 23.7. The van der Waals surface area contributed by atoms with Crippen LogP contribution in [-0.4, -0.2) is 47.0 Å². The van der Waals surface area contributed by atoms with Gasteiger partial charge in [0.2, 0.25) is 5.91 Å². The van der Waals surface area contributed by atoms with E-state index in [9.17, 15) is 19.5 Å². The van der Waals surface area contributed by atoms with E-state index in [1.54, 1.807) is 24.3 Å². The van der Waals surface area contributed by atoms with Gasteiger partial charge in [-0.2, -0.15) is 0 Å². The lowest BCUT2D eigenvalue weighted by Crippen LogP contribution is -2.38. The van der Waals surface area contributed by atoms with Crippen LogP contribution in [0.3, 0.4) is 0 Å². The van der Waals surface area contributed by atoms with Crippen molar-refractivity contribution >= 4 is 29.5 Å². The number of nitrogens with one attached hydrogen (secondary N) is 2. The highest BCUT2D eigenvalue weighted by molar-refractivity contribution is 7.99. The molecule has 3 rings (SSSR count). The Labute approximate surface area is 245 Å². The monoisotopic (exact) mass is 578 g/mol. The number of para-hydroxylation sites is 1. The standard InChI is InChI=1S/C32H38N2O6S/c1-22-12-17-30(18-13-22)41-31(37)19-15-26(34-23(2)35)14-16-29(39-24(3)36)21-33-32(38)25-8-7-11-28(20-25)40-27-9-5-4-6-10-27/h4-13,17-18,20,26,29,31,37H,14-16,19,21H2,1-3H3,(H,33,38)(H,34,35). The Bertz CT molecular complexity index is 1270. The Hall–Kier alpha value is -3.82. The molecule has 0 saturated heterocycles. The van der Waals surface area contributed by atoms with Crippen LogP contribution in [0.25, 0.3) is 0 Å². The fourth-order valence-electron chi connectivity index (χ4n) is 4.21. The predicted molar refractivity (Wildman–Crippen MR) is 160 cm³/mol. The summed E-state index contributed by atoms with van der Waals surface area (Å²) in [4.78, 5) is 37.4. The summed E-state index contributed by atoms with van der Waals surface area (Å²) in [6.07, 6.45) is 1.37. The van der Waals surface area contributed by atoms with E-state index in [0.29, 0.717) is 42.7 Å². The van der Waals surface area contributed by atoms with Crippen molar-refractivity contribution in [2.75, 3.05) is 6.54 Å². The van der Waals surface area contributed by atoms with Gasteiger partial charge in [-0.05, 0) is 75.1 Å². The Morgan fingerprint density at radius 2 is 1.54 bits per heavy atom. The summed E-state index contributed by atoms with van der Waals surface area (Å²) in [5.74, 6) is 0.237. The number of thioether (sulfide) groups is 1. The fourth-order valence-corrected chi connectivity index (χ4v) is 5.07. The summed E-state index contributed by atoms with van der Waals surface area (Å²) in [5, 5.41) is 16.3. The summed E-state index contributed by atoms with van der Waals surface area (Å²) in [6, 6.07) is 23.8. The Balaban J connectivity index is 1.53. The van der Waals surface area contributed by atoms with Crippen molar-refractivity contribution in [2.24, 2.45) is 0 Å². The van der Waals surface area contributed by atoms with Crippen LogP contribution in [0.4, 0.5) is 0 Å². The summed E-state index contributed by atoms with van der Waals surface area (Å²) >= 11 is 1.37. The van der Waals surface area contributed by atoms with Crippen LogP contribution >= 0.6 is 11.8 Å².